The molecule has 0 fully saturated rings. The lowest BCUT2D eigenvalue weighted by Gasteiger charge is -2.15. The number of halogens is 1. The minimum absolute atomic E-state index is 0.123. The summed E-state index contributed by atoms with van der Waals surface area (Å²) in [7, 11) is 1.72. The van der Waals surface area contributed by atoms with E-state index in [0.29, 0.717) is 22.0 Å². The van der Waals surface area contributed by atoms with Crippen molar-refractivity contribution in [3.05, 3.63) is 52.3 Å². The number of amides is 1. The molecular weight excluding hydrogens is 330 g/mol. The van der Waals surface area contributed by atoms with E-state index in [1.807, 2.05) is 6.92 Å². The van der Waals surface area contributed by atoms with Gasteiger partial charge in [-0.1, -0.05) is 29.8 Å². The smallest absolute Gasteiger partial charge is 0.312 e. The molecule has 2 aromatic rings. The molecule has 1 aromatic heterocycles. The van der Waals surface area contributed by atoms with Gasteiger partial charge < -0.3 is 10.0 Å². The lowest BCUT2D eigenvalue weighted by molar-refractivity contribution is -0.138. The van der Waals surface area contributed by atoms with Gasteiger partial charge in [-0.25, -0.2) is 0 Å². The Morgan fingerprint density at radius 3 is 2.71 bits per heavy atom. The van der Waals surface area contributed by atoms with E-state index in [9.17, 15) is 14.7 Å². The number of nitrogens with zero attached hydrogens (tertiary/aromatic N) is 3. The van der Waals surface area contributed by atoms with Crippen LogP contribution in [0.1, 0.15) is 22.7 Å². The molecule has 24 heavy (non-hydrogen) atoms. The summed E-state index contributed by atoms with van der Waals surface area (Å²) in [5, 5.41) is 14.0. The Labute approximate surface area is 144 Å². The summed E-state index contributed by atoms with van der Waals surface area (Å²) in [4.78, 5) is 25.5. The fourth-order valence-electron chi connectivity index (χ4n) is 2.91. The molecule has 1 unspecified atom stereocenters. The van der Waals surface area contributed by atoms with E-state index in [1.165, 1.54) is 15.7 Å². The Bertz CT molecular complexity index is 857. The number of aromatic nitrogens is 2. The van der Waals surface area contributed by atoms with E-state index in [0.717, 1.165) is 5.69 Å². The number of carboxylic acids is 1. The van der Waals surface area contributed by atoms with Crippen molar-refractivity contribution >= 4 is 35.2 Å². The highest BCUT2D eigenvalue weighted by Gasteiger charge is 2.35. The highest BCUT2D eigenvalue weighted by Crippen LogP contribution is 2.36. The lowest BCUT2D eigenvalue weighted by Crippen LogP contribution is -2.29. The molecule has 0 radical (unpaired) electrons. The quantitative estimate of drug-likeness (QED) is 0.868. The molecule has 1 atom stereocenters. The summed E-state index contributed by atoms with van der Waals surface area (Å²) >= 11 is 6.15. The predicted molar refractivity (Wildman–Crippen MR) is 91.2 cm³/mol. The van der Waals surface area contributed by atoms with Gasteiger partial charge in [0.05, 0.1) is 5.69 Å². The molecule has 0 spiro atoms. The second kappa shape index (κ2) is 6.13. The Kier molecular flexibility index (Phi) is 4.15. The van der Waals surface area contributed by atoms with Crippen LogP contribution in [0.2, 0.25) is 5.15 Å². The Balaban J connectivity index is 1.89. The first kappa shape index (κ1) is 16.3. The number of aryl methyl sites for hydroxylation is 2. The minimum atomic E-state index is -0.937. The molecule has 0 aliphatic carbocycles. The number of benzene rings is 1. The topological polar surface area (TPSA) is 75.4 Å². The summed E-state index contributed by atoms with van der Waals surface area (Å²) in [6, 6.07) is 7.06. The highest BCUT2D eigenvalue weighted by atomic mass is 35.5. The van der Waals surface area contributed by atoms with Gasteiger partial charge in [0.15, 0.2) is 0 Å². The maximum atomic E-state index is 12.6. The number of carbonyl (C=O) groups excluding carboxylic acids is 1. The monoisotopic (exact) mass is 345 g/mol. The van der Waals surface area contributed by atoms with E-state index >= 15 is 0 Å². The van der Waals surface area contributed by atoms with Crippen LogP contribution >= 0.6 is 11.6 Å². The Morgan fingerprint density at radius 2 is 2.08 bits per heavy atom. The average molecular weight is 346 g/mol. The third-order valence-corrected chi connectivity index (χ3v) is 4.57. The molecule has 1 aliphatic heterocycles. The maximum Gasteiger partial charge on any atom is 0.312 e. The molecule has 0 bridgehead atoms. The first-order chi connectivity index (χ1) is 11.4. The van der Waals surface area contributed by atoms with Crippen LogP contribution in [0.5, 0.6) is 0 Å². The number of aliphatic carboxylic acids is 1. The summed E-state index contributed by atoms with van der Waals surface area (Å²) in [6.45, 7) is 1.93. The van der Waals surface area contributed by atoms with E-state index in [2.05, 4.69) is 5.10 Å². The van der Waals surface area contributed by atoms with E-state index in [4.69, 9.17) is 11.6 Å². The van der Waals surface area contributed by atoms with Gasteiger partial charge in [-0.2, -0.15) is 5.10 Å². The first-order valence-electron chi connectivity index (χ1n) is 7.40. The molecular formula is C17H16ClN3O3. The predicted octanol–water partition coefficient (Wildman–Crippen LogP) is 2.61. The lowest BCUT2D eigenvalue weighted by atomic mass is 10.0. The fourth-order valence-corrected chi connectivity index (χ4v) is 3.14. The maximum absolute atomic E-state index is 12.6. The molecule has 1 amide bonds. The van der Waals surface area contributed by atoms with Gasteiger partial charge in [-0.3, -0.25) is 14.3 Å². The average Bonchev–Trinajstić information content (AvgIpc) is 3.04. The summed E-state index contributed by atoms with van der Waals surface area (Å²) < 4.78 is 1.53. The molecule has 1 aromatic carbocycles. The van der Waals surface area contributed by atoms with Crippen LogP contribution in [0.3, 0.4) is 0 Å². The molecule has 1 aliphatic rings. The van der Waals surface area contributed by atoms with Gasteiger partial charge in [-0.05, 0) is 24.6 Å². The minimum Gasteiger partial charge on any atom is -0.481 e. The molecule has 2 heterocycles. The third kappa shape index (κ3) is 2.69. The van der Waals surface area contributed by atoms with E-state index in [-0.39, 0.29) is 12.5 Å². The molecule has 0 saturated heterocycles. The number of rotatable bonds is 3. The Morgan fingerprint density at radius 1 is 1.38 bits per heavy atom. The van der Waals surface area contributed by atoms with Crippen molar-refractivity contribution in [3.63, 3.8) is 0 Å². The zero-order chi connectivity index (χ0) is 17.4. The van der Waals surface area contributed by atoms with Crippen LogP contribution < -0.4 is 4.90 Å². The van der Waals surface area contributed by atoms with E-state index in [1.54, 1.807) is 37.4 Å². The van der Waals surface area contributed by atoms with Crippen LogP contribution in [0.25, 0.3) is 6.08 Å². The van der Waals surface area contributed by atoms with Gasteiger partial charge in [0, 0.05) is 30.9 Å². The van der Waals surface area contributed by atoms with Crippen molar-refractivity contribution in [1.82, 2.24) is 9.78 Å². The number of hydrogen-bond donors (Lipinski definition) is 1. The van der Waals surface area contributed by atoms with Gasteiger partial charge in [0.1, 0.15) is 11.1 Å². The molecule has 3 rings (SSSR count). The van der Waals surface area contributed by atoms with Gasteiger partial charge >= 0.3 is 5.97 Å². The molecule has 0 saturated carbocycles. The highest BCUT2D eigenvalue weighted by molar-refractivity contribution is 6.31. The number of para-hydroxylation sites is 1. The summed E-state index contributed by atoms with van der Waals surface area (Å²) in [5.41, 5.74) is 2.68. The van der Waals surface area contributed by atoms with Crippen molar-refractivity contribution in [2.45, 2.75) is 12.8 Å². The number of carboxylic acid groups (broad SMARTS) is 1. The Hall–Kier alpha value is -2.60. The summed E-state index contributed by atoms with van der Waals surface area (Å²) in [5.74, 6) is -1.93. The molecule has 124 valence electrons. The molecule has 7 heteroatoms. The van der Waals surface area contributed by atoms with Gasteiger partial charge in [0.2, 0.25) is 0 Å². The number of fused-ring (bicyclic) bond motifs is 1. The van der Waals surface area contributed by atoms with Crippen LogP contribution in [0, 0.1) is 6.92 Å². The zero-order valence-electron chi connectivity index (χ0n) is 13.2. The first-order valence-corrected chi connectivity index (χ1v) is 7.78. The fraction of sp³-hybridized carbons (Fsp3) is 0.235. The second-order valence-electron chi connectivity index (χ2n) is 5.65. The number of anilines is 1. The van der Waals surface area contributed by atoms with Crippen LogP contribution in [-0.2, 0) is 16.6 Å². The van der Waals surface area contributed by atoms with Crippen molar-refractivity contribution < 1.29 is 14.7 Å². The van der Waals surface area contributed by atoms with Crippen molar-refractivity contribution in [1.29, 1.82) is 0 Å². The van der Waals surface area contributed by atoms with E-state index < -0.39 is 11.9 Å². The number of hydrogen-bond acceptors (Lipinski definition) is 3. The largest absolute Gasteiger partial charge is 0.481 e. The zero-order valence-corrected chi connectivity index (χ0v) is 14.0. The van der Waals surface area contributed by atoms with Crippen molar-refractivity contribution in [2.24, 2.45) is 7.05 Å². The number of carbonyl (C=O) groups is 2. The van der Waals surface area contributed by atoms with Crippen LogP contribution in [-0.4, -0.2) is 33.3 Å². The SMILES string of the molecule is Cc1nn(C)c(Cl)c1C=CC(=O)N1CC(C(=O)O)c2ccccc21. The summed E-state index contributed by atoms with van der Waals surface area (Å²) in [6.07, 6.45) is 3.01. The molecule has 1 N–H and O–H groups in total. The standard InChI is InChI=1S/C17H16ClN3O3/c1-10-11(16(18)20(2)19-10)7-8-15(22)21-9-13(17(23)24)12-5-3-4-6-14(12)21/h3-8,13H,9H2,1-2H3,(H,23,24). The normalized spacial score (nSPS) is 16.6. The second-order valence-corrected chi connectivity index (χ2v) is 6.00. The van der Waals surface area contributed by atoms with Crippen LogP contribution in [0.4, 0.5) is 5.69 Å². The van der Waals surface area contributed by atoms with Gasteiger partial charge in [-0.15, -0.1) is 0 Å². The molecule has 6 nitrogen and oxygen atoms in total. The van der Waals surface area contributed by atoms with Gasteiger partial charge in [0.25, 0.3) is 5.91 Å². The van der Waals surface area contributed by atoms with Crippen molar-refractivity contribution in [3.8, 4) is 0 Å². The van der Waals surface area contributed by atoms with Crippen molar-refractivity contribution in [2.75, 3.05) is 11.4 Å². The van der Waals surface area contributed by atoms with Crippen LogP contribution in [0.15, 0.2) is 30.3 Å². The third-order valence-electron chi connectivity index (χ3n) is 4.12.